The second-order valence-corrected chi connectivity index (χ2v) is 4.05. The first-order valence-electron chi connectivity index (χ1n) is 3.45. The predicted octanol–water partition coefficient (Wildman–Crippen LogP) is 0.496. The van der Waals surface area contributed by atoms with Crippen molar-refractivity contribution in [3.63, 3.8) is 0 Å². The van der Waals surface area contributed by atoms with Crippen LogP contribution in [0.5, 0.6) is 0 Å². The fraction of sp³-hybridized carbons (Fsp3) is 0.571. The van der Waals surface area contributed by atoms with Gasteiger partial charge in [-0.3, -0.25) is 8.98 Å². The summed E-state index contributed by atoms with van der Waals surface area (Å²) in [5.41, 5.74) is 0. The lowest BCUT2D eigenvalue weighted by molar-refractivity contribution is -0.114. The monoisotopic (exact) mass is 192 g/mol. The third kappa shape index (κ3) is 2.42. The molecule has 0 N–H and O–H groups in total. The molecule has 0 bridgehead atoms. The lowest BCUT2D eigenvalue weighted by Crippen LogP contribution is -2.29. The summed E-state index contributed by atoms with van der Waals surface area (Å²) >= 11 is 0. The Morgan fingerprint density at radius 3 is 2.42 bits per heavy atom. The van der Waals surface area contributed by atoms with Crippen LogP contribution in [0.3, 0.4) is 0 Å². The van der Waals surface area contributed by atoms with Crippen molar-refractivity contribution >= 4 is 15.9 Å². The normalized spacial score (nSPS) is 13.8. The molecule has 0 aromatic carbocycles. The first kappa shape index (κ1) is 11.3. The lowest BCUT2D eigenvalue weighted by Gasteiger charge is -2.09. The van der Waals surface area contributed by atoms with E-state index in [2.05, 4.69) is 10.8 Å². The van der Waals surface area contributed by atoms with E-state index in [1.54, 1.807) is 6.92 Å². The Labute approximate surface area is 72.3 Å². The zero-order valence-electron chi connectivity index (χ0n) is 7.11. The van der Waals surface area contributed by atoms with Crippen LogP contribution in [0.4, 0.5) is 0 Å². The third-order valence-electron chi connectivity index (χ3n) is 1.47. The number of allylic oxidation sites excluding steroid dienone is 1. The second kappa shape index (κ2) is 4.37. The van der Waals surface area contributed by atoms with Gasteiger partial charge in [0.05, 0.1) is 7.11 Å². The van der Waals surface area contributed by atoms with Crippen molar-refractivity contribution in [3.05, 3.63) is 12.7 Å². The van der Waals surface area contributed by atoms with Gasteiger partial charge in [-0.05, 0) is 12.5 Å². The summed E-state index contributed by atoms with van der Waals surface area (Å²) in [5, 5.41) is -1.11. The van der Waals surface area contributed by atoms with Crippen molar-refractivity contribution < 1.29 is 17.4 Å². The van der Waals surface area contributed by atoms with E-state index in [0.717, 1.165) is 13.2 Å². The smallest absolute Gasteiger partial charge is 0.277 e. The van der Waals surface area contributed by atoms with Crippen molar-refractivity contribution in [3.8, 4) is 0 Å². The average Bonchev–Trinajstić information content (AvgIpc) is 2.05. The van der Waals surface area contributed by atoms with Gasteiger partial charge in [0.15, 0.2) is 5.78 Å². The van der Waals surface area contributed by atoms with Gasteiger partial charge in [0.25, 0.3) is 10.1 Å². The molecule has 0 spiro atoms. The Balaban J connectivity index is 4.80. The summed E-state index contributed by atoms with van der Waals surface area (Å²) < 4.78 is 26.3. The summed E-state index contributed by atoms with van der Waals surface area (Å²) in [6, 6.07) is 0. The highest BCUT2D eigenvalue weighted by Gasteiger charge is 2.28. The topological polar surface area (TPSA) is 60.4 Å². The molecule has 70 valence electrons. The molecule has 1 atom stereocenters. The highest BCUT2D eigenvalue weighted by Crippen LogP contribution is 2.08. The highest BCUT2D eigenvalue weighted by molar-refractivity contribution is 7.88. The van der Waals surface area contributed by atoms with Crippen LogP contribution in [-0.2, 0) is 19.1 Å². The molecular formula is C7H12O4S. The molecule has 0 aromatic heterocycles. The van der Waals surface area contributed by atoms with Crippen LogP contribution < -0.4 is 0 Å². The summed E-state index contributed by atoms with van der Waals surface area (Å²) in [6.45, 7) is 4.81. The van der Waals surface area contributed by atoms with Crippen molar-refractivity contribution in [2.45, 2.75) is 18.6 Å². The number of rotatable bonds is 5. The van der Waals surface area contributed by atoms with Crippen LogP contribution in [0.2, 0.25) is 0 Å². The van der Waals surface area contributed by atoms with E-state index in [0.29, 0.717) is 0 Å². The molecule has 4 nitrogen and oxygen atoms in total. The zero-order chi connectivity index (χ0) is 9.78. The van der Waals surface area contributed by atoms with Gasteiger partial charge in [-0.25, -0.2) is 0 Å². The summed E-state index contributed by atoms with van der Waals surface area (Å²) in [6.07, 6.45) is 1.19. The Kier molecular flexibility index (Phi) is 4.12. The van der Waals surface area contributed by atoms with Gasteiger partial charge >= 0.3 is 0 Å². The molecule has 0 fully saturated rings. The minimum atomic E-state index is -3.74. The van der Waals surface area contributed by atoms with Crippen LogP contribution in [0.1, 0.15) is 13.3 Å². The van der Waals surface area contributed by atoms with E-state index >= 15 is 0 Å². The summed E-state index contributed by atoms with van der Waals surface area (Å²) in [4.78, 5) is 11.0. The molecule has 12 heavy (non-hydrogen) atoms. The van der Waals surface area contributed by atoms with E-state index in [1.165, 1.54) is 0 Å². The maximum atomic E-state index is 11.0. The molecule has 0 radical (unpaired) electrons. The van der Waals surface area contributed by atoms with E-state index < -0.39 is 21.2 Å². The standard InChI is InChI=1S/C7H12O4S/c1-4-6(8)7(5-2)12(9,10)11-3/h4,7H,1,5H2,2-3H3. The third-order valence-corrected chi connectivity index (χ3v) is 3.20. The number of hydrogen-bond donors (Lipinski definition) is 0. The van der Waals surface area contributed by atoms with Gasteiger partial charge in [-0.1, -0.05) is 13.5 Å². The van der Waals surface area contributed by atoms with Gasteiger partial charge in [-0.2, -0.15) is 8.42 Å². The molecule has 0 aliphatic carbocycles. The van der Waals surface area contributed by atoms with Gasteiger partial charge in [0.1, 0.15) is 5.25 Å². The van der Waals surface area contributed by atoms with E-state index in [1.807, 2.05) is 0 Å². The van der Waals surface area contributed by atoms with Gasteiger partial charge in [0, 0.05) is 0 Å². The first-order chi connectivity index (χ1) is 5.49. The van der Waals surface area contributed by atoms with Gasteiger partial charge in [-0.15, -0.1) is 0 Å². The number of hydrogen-bond acceptors (Lipinski definition) is 4. The molecular weight excluding hydrogens is 180 g/mol. The maximum absolute atomic E-state index is 11.0. The maximum Gasteiger partial charge on any atom is 0.277 e. The SMILES string of the molecule is C=CC(=O)C(CC)S(=O)(=O)OC. The zero-order valence-corrected chi connectivity index (χ0v) is 7.93. The fourth-order valence-electron chi connectivity index (χ4n) is 0.795. The van der Waals surface area contributed by atoms with Crippen LogP contribution in [0.15, 0.2) is 12.7 Å². The van der Waals surface area contributed by atoms with Crippen molar-refractivity contribution in [2.75, 3.05) is 7.11 Å². The molecule has 0 amide bonds. The van der Waals surface area contributed by atoms with E-state index in [4.69, 9.17) is 0 Å². The Morgan fingerprint density at radius 2 is 2.17 bits per heavy atom. The second-order valence-electron chi connectivity index (χ2n) is 2.16. The van der Waals surface area contributed by atoms with E-state index in [-0.39, 0.29) is 6.42 Å². The molecule has 0 aromatic rings. The molecule has 0 saturated carbocycles. The molecule has 0 rings (SSSR count). The van der Waals surface area contributed by atoms with Crippen molar-refractivity contribution in [2.24, 2.45) is 0 Å². The highest BCUT2D eigenvalue weighted by atomic mass is 32.2. The molecule has 0 aliphatic heterocycles. The molecule has 0 heterocycles. The first-order valence-corrected chi connectivity index (χ1v) is 4.92. The number of carbonyl (C=O) groups is 1. The van der Waals surface area contributed by atoms with Gasteiger partial charge in [0.2, 0.25) is 0 Å². The molecule has 0 saturated heterocycles. The van der Waals surface area contributed by atoms with E-state index in [9.17, 15) is 13.2 Å². The number of ketones is 1. The Hall–Kier alpha value is -0.680. The van der Waals surface area contributed by atoms with Gasteiger partial charge < -0.3 is 0 Å². The lowest BCUT2D eigenvalue weighted by atomic mass is 10.2. The van der Waals surface area contributed by atoms with Crippen LogP contribution in [-0.4, -0.2) is 26.6 Å². The van der Waals surface area contributed by atoms with Crippen LogP contribution in [0, 0.1) is 0 Å². The molecule has 1 unspecified atom stereocenters. The quantitative estimate of drug-likeness (QED) is 0.470. The van der Waals surface area contributed by atoms with Crippen molar-refractivity contribution in [1.29, 1.82) is 0 Å². The summed E-state index contributed by atoms with van der Waals surface area (Å²) in [5.74, 6) is -0.528. The predicted molar refractivity (Wildman–Crippen MR) is 45.2 cm³/mol. The minimum Gasteiger partial charge on any atom is -0.293 e. The number of carbonyl (C=O) groups excluding carboxylic acids is 1. The van der Waals surface area contributed by atoms with Crippen LogP contribution in [0.25, 0.3) is 0 Å². The minimum absolute atomic E-state index is 0.195. The Morgan fingerprint density at radius 1 is 1.67 bits per heavy atom. The Bertz CT molecular complexity index is 265. The fourth-order valence-corrected chi connectivity index (χ4v) is 1.82. The average molecular weight is 192 g/mol. The molecule has 5 heteroatoms. The van der Waals surface area contributed by atoms with Crippen molar-refractivity contribution in [1.82, 2.24) is 0 Å². The van der Waals surface area contributed by atoms with Crippen LogP contribution >= 0.6 is 0 Å². The largest absolute Gasteiger partial charge is 0.293 e. The molecule has 0 aliphatic rings. The summed E-state index contributed by atoms with van der Waals surface area (Å²) in [7, 11) is -2.71.